The molecule has 1 aliphatic heterocycles. The van der Waals surface area contributed by atoms with Gasteiger partial charge >= 0.3 is 0 Å². The number of rotatable bonds is 6. The molecule has 0 amide bonds. The number of hydrogen-bond acceptors (Lipinski definition) is 5. The number of anilines is 1. The number of benzene rings is 2. The summed E-state index contributed by atoms with van der Waals surface area (Å²) in [6, 6.07) is 11.7. The van der Waals surface area contributed by atoms with Gasteiger partial charge in [-0.1, -0.05) is 31.2 Å². The molecule has 0 saturated heterocycles. The predicted octanol–water partition coefficient (Wildman–Crippen LogP) is 4.50. The molecule has 2 aromatic rings. The average Bonchev–Trinajstić information content (AvgIpc) is 3.22. The highest BCUT2D eigenvalue weighted by atomic mass is 32.2. The number of nitrogens with one attached hydrogen (secondary N) is 2. The fourth-order valence-corrected chi connectivity index (χ4v) is 5.65. The van der Waals surface area contributed by atoms with Gasteiger partial charge in [-0.05, 0) is 55.0 Å². The Kier molecular flexibility index (Phi) is 5.38. The van der Waals surface area contributed by atoms with Gasteiger partial charge in [0.15, 0.2) is 0 Å². The van der Waals surface area contributed by atoms with Gasteiger partial charge in [0.1, 0.15) is 0 Å². The third kappa shape index (κ3) is 3.73. The van der Waals surface area contributed by atoms with Crippen molar-refractivity contribution in [3.05, 3.63) is 75.9 Å². The first kappa shape index (κ1) is 20.6. The van der Waals surface area contributed by atoms with E-state index in [2.05, 4.69) is 22.2 Å². The fourth-order valence-electron chi connectivity index (χ4n) is 4.29. The SMILES string of the molecule is CCC(C)NS(=O)(=O)c1ccc2c(c1)C1C=CCC1C(c1ccc([N+](=O)[O-])cc1)N2. The van der Waals surface area contributed by atoms with Crippen LogP contribution in [-0.4, -0.2) is 19.4 Å². The van der Waals surface area contributed by atoms with E-state index in [0.717, 1.165) is 29.7 Å². The minimum atomic E-state index is -3.58. The lowest BCUT2D eigenvalue weighted by Gasteiger charge is -2.37. The third-order valence-electron chi connectivity index (χ3n) is 6.08. The highest BCUT2D eigenvalue weighted by Gasteiger charge is 2.38. The molecule has 1 aliphatic carbocycles. The largest absolute Gasteiger partial charge is 0.378 e. The van der Waals surface area contributed by atoms with Crippen LogP contribution in [0.3, 0.4) is 0 Å². The molecule has 158 valence electrons. The zero-order chi connectivity index (χ0) is 21.5. The highest BCUT2D eigenvalue weighted by molar-refractivity contribution is 7.89. The Bertz CT molecular complexity index is 1100. The summed E-state index contributed by atoms with van der Waals surface area (Å²) in [7, 11) is -3.58. The quantitative estimate of drug-likeness (QED) is 0.402. The van der Waals surface area contributed by atoms with E-state index in [1.807, 2.05) is 19.9 Å². The van der Waals surface area contributed by atoms with Crippen molar-refractivity contribution in [3.63, 3.8) is 0 Å². The summed E-state index contributed by atoms with van der Waals surface area (Å²) in [5.74, 6) is 0.319. The number of sulfonamides is 1. The zero-order valence-corrected chi connectivity index (χ0v) is 17.7. The topological polar surface area (TPSA) is 101 Å². The first-order valence-corrected chi connectivity index (χ1v) is 11.6. The Morgan fingerprint density at radius 1 is 1.23 bits per heavy atom. The van der Waals surface area contributed by atoms with E-state index in [-0.39, 0.29) is 34.5 Å². The van der Waals surface area contributed by atoms with Crippen molar-refractivity contribution in [2.45, 2.75) is 49.6 Å². The van der Waals surface area contributed by atoms with Crippen molar-refractivity contribution < 1.29 is 13.3 Å². The van der Waals surface area contributed by atoms with Crippen molar-refractivity contribution in [3.8, 4) is 0 Å². The standard InChI is InChI=1S/C22H25N3O4S/c1-3-14(2)24-30(28,29)17-11-12-21-20(13-17)18-5-4-6-19(18)22(23-21)15-7-9-16(10-8-15)25(26)27/h4-5,7-14,18-19,22-24H,3,6H2,1-2H3. The molecule has 0 bridgehead atoms. The number of nitro benzene ring substituents is 1. The lowest BCUT2D eigenvalue weighted by atomic mass is 9.77. The van der Waals surface area contributed by atoms with Crippen LogP contribution in [0.2, 0.25) is 0 Å². The van der Waals surface area contributed by atoms with Crippen molar-refractivity contribution in [1.29, 1.82) is 0 Å². The number of allylic oxidation sites excluding steroid dienone is 2. The maximum Gasteiger partial charge on any atom is 0.269 e. The number of hydrogen-bond donors (Lipinski definition) is 2. The molecule has 7 nitrogen and oxygen atoms in total. The lowest BCUT2D eigenvalue weighted by Crippen LogP contribution is -2.33. The predicted molar refractivity (Wildman–Crippen MR) is 116 cm³/mol. The molecule has 2 aliphatic rings. The summed E-state index contributed by atoms with van der Waals surface area (Å²) in [5, 5.41) is 14.5. The molecule has 2 aromatic carbocycles. The second kappa shape index (κ2) is 7.85. The molecule has 4 unspecified atom stereocenters. The van der Waals surface area contributed by atoms with Crippen LogP contribution < -0.4 is 10.0 Å². The molecule has 0 aromatic heterocycles. The molecule has 0 fully saturated rings. The second-order valence-electron chi connectivity index (χ2n) is 8.00. The van der Waals surface area contributed by atoms with Gasteiger partial charge in [0.25, 0.3) is 5.69 Å². The van der Waals surface area contributed by atoms with Crippen LogP contribution in [0.1, 0.15) is 49.8 Å². The maximum absolute atomic E-state index is 12.7. The first-order chi connectivity index (χ1) is 14.3. The minimum Gasteiger partial charge on any atom is -0.378 e. The molecule has 0 spiro atoms. The second-order valence-corrected chi connectivity index (χ2v) is 9.72. The normalized spacial score (nSPS) is 23.3. The summed E-state index contributed by atoms with van der Waals surface area (Å²) in [4.78, 5) is 10.8. The van der Waals surface area contributed by atoms with Crippen LogP contribution in [-0.2, 0) is 10.0 Å². The molecule has 8 heteroatoms. The van der Waals surface area contributed by atoms with Crippen LogP contribution in [0.4, 0.5) is 11.4 Å². The van der Waals surface area contributed by atoms with Gasteiger partial charge in [-0.25, -0.2) is 13.1 Å². The smallest absolute Gasteiger partial charge is 0.269 e. The van der Waals surface area contributed by atoms with Gasteiger partial charge in [-0.15, -0.1) is 0 Å². The van der Waals surface area contributed by atoms with E-state index in [4.69, 9.17) is 0 Å². The van der Waals surface area contributed by atoms with Crippen LogP contribution in [0.25, 0.3) is 0 Å². The van der Waals surface area contributed by atoms with Crippen LogP contribution in [0, 0.1) is 16.0 Å². The van der Waals surface area contributed by atoms with Crippen LogP contribution >= 0.6 is 0 Å². The fraction of sp³-hybridized carbons (Fsp3) is 0.364. The Labute approximate surface area is 176 Å². The molecule has 4 rings (SSSR count). The lowest BCUT2D eigenvalue weighted by molar-refractivity contribution is -0.384. The van der Waals surface area contributed by atoms with Crippen LogP contribution in [0.15, 0.2) is 59.5 Å². The Morgan fingerprint density at radius 2 is 1.97 bits per heavy atom. The summed E-state index contributed by atoms with van der Waals surface area (Å²) in [6.07, 6.45) is 5.85. The Hall–Kier alpha value is -2.71. The number of nitrogens with zero attached hydrogens (tertiary/aromatic N) is 1. The van der Waals surface area contributed by atoms with Gasteiger partial charge in [0.05, 0.1) is 15.9 Å². The van der Waals surface area contributed by atoms with E-state index in [1.165, 1.54) is 12.1 Å². The first-order valence-electron chi connectivity index (χ1n) is 10.1. The number of non-ortho nitro benzene ring substituents is 1. The van der Waals surface area contributed by atoms with Gasteiger partial charge in [0.2, 0.25) is 10.0 Å². The molecule has 0 radical (unpaired) electrons. The third-order valence-corrected chi connectivity index (χ3v) is 7.66. The summed E-state index contributed by atoms with van der Waals surface area (Å²) < 4.78 is 28.2. The van der Waals surface area contributed by atoms with Gasteiger partial charge in [-0.2, -0.15) is 0 Å². The van der Waals surface area contributed by atoms with E-state index in [9.17, 15) is 18.5 Å². The summed E-state index contributed by atoms with van der Waals surface area (Å²) in [5.41, 5.74) is 2.92. The van der Waals surface area contributed by atoms with Gasteiger partial charge < -0.3 is 5.32 Å². The van der Waals surface area contributed by atoms with E-state index >= 15 is 0 Å². The zero-order valence-electron chi connectivity index (χ0n) is 16.9. The Morgan fingerprint density at radius 3 is 2.63 bits per heavy atom. The Balaban J connectivity index is 1.68. The molecule has 4 atom stereocenters. The summed E-state index contributed by atoms with van der Waals surface area (Å²) in [6.45, 7) is 3.79. The van der Waals surface area contributed by atoms with Gasteiger partial charge in [0, 0.05) is 29.8 Å². The van der Waals surface area contributed by atoms with Crippen molar-refractivity contribution >= 4 is 21.4 Å². The van der Waals surface area contributed by atoms with Crippen LogP contribution in [0.5, 0.6) is 0 Å². The number of nitro groups is 1. The van der Waals surface area contributed by atoms with Crippen molar-refractivity contribution in [2.75, 3.05) is 5.32 Å². The average molecular weight is 428 g/mol. The highest BCUT2D eigenvalue weighted by Crippen LogP contribution is 2.50. The van der Waals surface area contributed by atoms with Gasteiger partial charge in [-0.3, -0.25) is 10.1 Å². The molecular weight excluding hydrogens is 402 g/mol. The summed E-state index contributed by atoms with van der Waals surface area (Å²) >= 11 is 0. The molecule has 2 N–H and O–H groups in total. The molecule has 0 saturated carbocycles. The molecular formula is C22H25N3O4S. The van der Waals surface area contributed by atoms with Crippen molar-refractivity contribution in [2.24, 2.45) is 5.92 Å². The monoisotopic (exact) mass is 427 g/mol. The van der Waals surface area contributed by atoms with E-state index in [1.54, 1.807) is 24.3 Å². The van der Waals surface area contributed by atoms with E-state index < -0.39 is 14.9 Å². The molecule has 1 heterocycles. The van der Waals surface area contributed by atoms with Crippen molar-refractivity contribution in [1.82, 2.24) is 4.72 Å². The number of fused-ring (bicyclic) bond motifs is 3. The molecule has 30 heavy (non-hydrogen) atoms. The maximum atomic E-state index is 12.7. The minimum absolute atomic E-state index is 0.000926. The van der Waals surface area contributed by atoms with E-state index in [0.29, 0.717) is 0 Å².